The van der Waals surface area contributed by atoms with Crippen LogP contribution in [0.25, 0.3) is 0 Å². The van der Waals surface area contributed by atoms with E-state index < -0.39 is 10.0 Å². The predicted molar refractivity (Wildman–Crippen MR) is 129 cm³/mol. The summed E-state index contributed by atoms with van der Waals surface area (Å²) in [4.78, 5) is 15.1. The van der Waals surface area contributed by atoms with Crippen LogP contribution in [-0.4, -0.2) is 21.2 Å². The summed E-state index contributed by atoms with van der Waals surface area (Å²) in [5.74, 6) is -0.253. The molecule has 0 saturated carbocycles. The Kier molecular flexibility index (Phi) is 5.61. The van der Waals surface area contributed by atoms with Crippen LogP contribution < -0.4 is 9.62 Å². The minimum Gasteiger partial charge on any atom is -0.347 e. The van der Waals surface area contributed by atoms with Crippen molar-refractivity contribution in [1.29, 1.82) is 0 Å². The molecule has 0 spiro atoms. The Balaban J connectivity index is 1.64. The highest BCUT2D eigenvalue weighted by Gasteiger charge is 2.38. The van der Waals surface area contributed by atoms with E-state index in [9.17, 15) is 13.2 Å². The minimum atomic E-state index is -3.86. The molecule has 1 aliphatic heterocycles. The number of nitrogens with zero attached hydrogens (tertiary/aromatic N) is 1. The number of hydrogen-bond acceptors (Lipinski definition) is 4. The molecule has 4 rings (SSSR count). The third-order valence-electron chi connectivity index (χ3n) is 5.73. The largest absolute Gasteiger partial charge is 0.347 e. The Morgan fingerprint density at radius 1 is 1.00 bits per heavy atom. The van der Waals surface area contributed by atoms with Crippen LogP contribution in [0.15, 0.2) is 89.5 Å². The Morgan fingerprint density at radius 2 is 1.69 bits per heavy atom. The molecular formula is C25H23ClN2O3S. The van der Waals surface area contributed by atoms with Crippen LogP contribution in [-0.2, 0) is 15.4 Å². The second-order valence-electron chi connectivity index (χ2n) is 8.24. The predicted octanol–water partition coefficient (Wildman–Crippen LogP) is 5.64. The van der Waals surface area contributed by atoms with E-state index >= 15 is 0 Å². The molecule has 3 aromatic rings. The highest BCUT2D eigenvalue weighted by Crippen LogP contribution is 2.46. The van der Waals surface area contributed by atoms with Gasteiger partial charge >= 0.3 is 0 Å². The van der Waals surface area contributed by atoms with Crippen molar-refractivity contribution < 1.29 is 13.2 Å². The van der Waals surface area contributed by atoms with Gasteiger partial charge in [-0.05, 0) is 48.0 Å². The first-order chi connectivity index (χ1) is 15.1. The SMILES string of the molecule is CN1C(=CC(=O)c2cccc(S(=O)(=O)Nc3ccc(Cl)cc3)c2)C(C)(C)c2ccccc21. The van der Waals surface area contributed by atoms with Gasteiger partial charge in [0.2, 0.25) is 0 Å². The molecule has 0 fully saturated rings. The van der Waals surface area contributed by atoms with Crippen LogP contribution in [0.3, 0.4) is 0 Å². The maximum atomic E-state index is 13.1. The maximum absolute atomic E-state index is 13.1. The summed E-state index contributed by atoms with van der Waals surface area (Å²) < 4.78 is 28.2. The van der Waals surface area contributed by atoms with Crippen molar-refractivity contribution in [2.45, 2.75) is 24.2 Å². The maximum Gasteiger partial charge on any atom is 0.261 e. The van der Waals surface area contributed by atoms with Crippen LogP contribution in [0.1, 0.15) is 29.8 Å². The Bertz CT molecular complexity index is 1330. The minimum absolute atomic E-state index is 0.0130. The quantitative estimate of drug-likeness (QED) is 0.390. The molecule has 0 aromatic heterocycles. The van der Waals surface area contributed by atoms with Crippen LogP contribution in [0, 0.1) is 0 Å². The molecular weight excluding hydrogens is 444 g/mol. The summed E-state index contributed by atoms with van der Waals surface area (Å²) in [7, 11) is -1.93. The monoisotopic (exact) mass is 466 g/mol. The van der Waals surface area contributed by atoms with Crippen LogP contribution >= 0.6 is 11.6 Å². The van der Waals surface area contributed by atoms with Gasteiger partial charge in [0.25, 0.3) is 10.0 Å². The molecule has 0 atom stereocenters. The van der Waals surface area contributed by atoms with Crippen LogP contribution in [0.5, 0.6) is 0 Å². The first kappa shape index (κ1) is 22.1. The Morgan fingerprint density at radius 3 is 2.38 bits per heavy atom. The van der Waals surface area contributed by atoms with E-state index in [1.54, 1.807) is 42.5 Å². The third-order valence-corrected chi connectivity index (χ3v) is 7.36. The van der Waals surface area contributed by atoms with E-state index in [4.69, 9.17) is 11.6 Å². The number of para-hydroxylation sites is 1. The smallest absolute Gasteiger partial charge is 0.261 e. The molecule has 7 heteroatoms. The number of ketones is 1. The van der Waals surface area contributed by atoms with Gasteiger partial charge in [-0.15, -0.1) is 0 Å². The van der Waals surface area contributed by atoms with E-state index in [0.29, 0.717) is 16.3 Å². The fraction of sp³-hybridized carbons (Fsp3) is 0.160. The standard InChI is InChI=1S/C25H23ClN2O3S/c1-25(2)21-9-4-5-10-22(21)28(3)24(25)16-23(29)17-7-6-8-20(15-17)32(30,31)27-19-13-11-18(26)12-14-19/h4-16,27H,1-3H3. The number of halogens is 1. The molecule has 0 amide bonds. The van der Waals surface area contributed by atoms with Crippen molar-refractivity contribution in [3.63, 3.8) is 0 Å². The molecule has 1 heterocycles. The molecule has 1 aliphatic rings. The van der Waals surface area contributed by atoms with Gasteiger partial charge in [-0.2, -0.15) is 0 Å². The zero-order valence-corrected chi connectivity index (χ0v) is 19.5. The lowest BCUT2D eigenvalue weighted by Gasteiger charge is -2.24. The average Bonchev–Trinajstić information content (AvgIpc) is 2.96. The molecule has 0 bridgehead atoms. The van der Waals surface area contributed by atoms with Gasteiger partial charge in [-0.25, -0.2) is 8.42 Å². The highest BCUT2D eigenvalue weighted by atomic mass is 35.5. The third kappa shape index (κ3) is 4.04. The summed E-state index contributed by atoms with van der Waals surface area (Å²) >= 11 is 5.86. The first-order valence-electron chi connectivity index (χ1n) is 10.1. The van der Waals surface area contributed by atoms with Gasteiger partial charge in [0.05, 0.1) is 4.90 Å². The summed E-state index contributed by atoms with van der Waals surface area (Å²) in [6.07, 6.45) is 1.60. The van der Waals surface area contributed by atoms with Crippen molar-refractivity contribution in [2.24, 2.45) is 0 Å². The van der Waals surface area contributed by atoms with Crippen LogP contribution in [0.4, 0.5) is 11.4 Å². The highest BCUT2D eigenvalue weighted by molar-refractivity contribution is 7.92. The Labute approximate surface area is 193 Å². The number of allylic oxidation sites excluding steroid dienone is 2. The van der Waals surface area contributed by atoms with Gasteiger partial charge in [0.15, 0.2) is 5.78 Å². The summed E-state index contributed by atoms with van der Waals surface area (Å²) in [5, 5.41) is 0.510. The Hall–Kier alpha value is -3.09. The van der Waals surface area contributed by atoms with Crippen molar-refractivity contribution in [1.82, 2.24) is 0 Å². The van der Waals surface area contributed by atoms with E-state index in [1.807, 2.05) is 30.1 Å². The number of carbonyl (C=O) groups is 1. The molecule has 164 valence electrons. The van der Waals surface area contributed by atoms with E-state index in [2.05, 4.69) is 24.6 Å². The zero-order chi connectivity index (χ0) is 23.1. The molecule has 32 heavy (non-hydrogen) atoms. The summed E-state index contributed by atoms with van der Waals surface area (Å²) in [6.45, 7) is 4.15. The van der Waals surface area contributed by atoms with Crippen molar-refractivity contribution >= 4 is 38.8 Å². The van der Waals surface area contributed by atoms with Gasteiger partial charge in [-0.1, -0.05) is 55.8 Å². The summed E-state index contributed by atoms with van der Waals surface area (Å²) in [6, 6.07) is 20.5. The molecule has 0 radical (unpaired) electrons. The second-order valence-corrected chi connectivity index (χ2v) is 10.4. The van der Waals surface area contributed by atoms with Gasteiger partial charge in [-0.3, -0.25) is 9.52 Å². The number of sulfonamides is 1. The number of fused-ring (bicyclic) bond motifs is 1. The zero-order valence-electron chi connectivity index (χ0n) is 18.0. The fourth-order valence-electron chi connectivity index (χ4n) is 4.01. The number of benzene rings is 3. The van der Waals surface area contributed by atoms with Crippen molar-refractivity contribution in [3.05, 3.63) is 101 Å². The summed E-state index contributed by atoms with van der Waals surface area (Å²) in [5.41, 5.74) is 3.40. The van der Waals surface area contributed by atoms with E-state index in [-0.39, 0.29) is 16.1 Å². The first-order valence-corrected chi connectivity index (χ1v) is 11.9. The topological polar surface area (TPSA) is 66.5 Å². The lowest BCUT2D eigenvalue weighted by Crippen LogP contribution is -2.24. The van der Waals surface area contributed by atoms with E-state index in [1.165, 1.54) is 12.1 Å². The molecule has 5 nitrogen and oxygen atoms in total. The van der Waals surface area contributed by atoms with Gasteiger partial charge in [0.1, 0.15) is 0 Å². The van der Waals surface area contributed by atoms with Crippen molar-refractivity contribution in [2.75, 3.05) is 16.7 Å². The number of rotatable bonds is 5. The second kappa shape index (κ2) is 8.11. The number of anilines is 2. The number of likely N-dealkylation sites (N-methyl/N-ethyl adjacent to an activating group) is 1. The normalized spacial score (nSPS) is 16.1. The lowest BCUT2D eigenvalue weighted by atomic mass is 9.83. The molecule has 0 saturated heterocycles. The molecule has 3 aromatic carbocycles. The van der Waals surface area contributed by atoms with Gasteiger partial charge < -0.3 is 4.90 Å². The number of carbonyl (C=O) groups excluding carboxylic acids is 1. The average molecular weight is 467 g/mol. The fourth-order valence-corrected chi connectivity index (χ4v) is 5.24. The van der Waals surface area contributed by atoms with E-state index in [0.717, 1.165) is 16.9 Å². The number of nitrogens with one attached hydrogen (secondary N) is 1. The van der Waals surface area contributed by atoms with Crippen LogP contribution in [0.2, 0.25) is 5.02 Å². The van der Waals surface area contributed by atoms with Gasteiger partial charge in [0, 0.05) is 46.2 Å². The molecule has 0 aliphatic carbocycles. The molecule has 1 N–H and O–H groups in total. The van der Waals surface area contributed by atoms with Crippen molar-refractivity contribution in [3.8, 4) is 0 Å². The molecule has 0 unspecified atom stereocenters. The lowest BCUT2D eigenvalue weighted by molar-refractivity contribution is 0.104. The number of hydrogen-bond donors (Lipinski definition) is 1.